The van der Waals surface area contributed by atoms with Crippen LogP contribution in [0.5, 0.6) is 0 Å². The van der Waals surface area contributed by atoms with Crippen molar-refractivity contribution in [2.45, 2.75) is 6.92 Å². The van der Waals surface area contributed by atoms with Crippen molar-refractivity contribution in [2.75, 3.05) is 6.61 Å². The lowest BCUT2D eigenvalue weighted by atomic mass is 10.3. The summed E-state index contributed by atoms with van der Waals surface area (Å²) in [5, 5.41) is 5.81. The van der Waals surface area contributed by atoms with Crippen molar-refractivity contribution in [2.24, 2.45) is 5.11 Å². The fraction of sp³-hybridized carbons (Fsp3) is 0.222. The van der Waals surface area contributed by atoms with Crippen LogP contribution in [0.2, 0.25) is 0 Å². The SMILES string of the molecule is CCOC(=O)/C=C/c1ccsc1N=[N+]=[N-]. The summed E-state index contributed by atoms with van der Waals surface area (Å²) in [6, 6.07) is 1.77. The Balaban J connectivity index is 2.75. The van der Waals surface area contributed by atoms with Crippen LogP contribution < -0.4 is 0 Å². The van der Waals surface area contributed by atoms with Crippen LogP contribution in [0.1, 0.15) is 12.5 Å². The van der Waals surface area contributed by atoms with Gasteiger partial charge in [-0.2, -0.15) is 0 Å². The molecule has 0 radical (unpaired) electrons. The van der Waals surface area contributed by atoms with E-state index in [1.165, 1.54) is 17.4 Å². The van der Waals surface area contributed by atoms with Gasteiger partial charge in [0.25, 0.3) is 0 Å². The van der Waals surface area contributed by atoms with Crippen LogP contribution in [0.15, 0.2) is 22.6 Å². The molecule has 6 heteroatoms. The second kappa shape index (κ2) is 5.85. The first kappa shape index (κ1) is 11.3. The zero-order chi connectivity index (χ0) is 11.1. The Bertz CT molecular complexity index is 419. The minimum atomic E-state index is -0.407. The summed E-state index contributed by atoms with van der Waals surface area (Å²) in [7, 11) is 0. The van der Waals surface area contributed by atoms with Crippen molar-refractivity contribution in [3.05, 3.63) is 33.5 Å². The number of hydrogen-bond acceptors (Lipinski definition) is 4. The number of esters is 1. The van der Waals surface area contributed by atoms with Gasteiger partial charge in [-0.15, -0.1) is 11.3 Å². The van der Waals surface area contributed by atoms with Crippen LogP contribution in [-0.2, 0) is 9.53 Å². The number of hydrogen-bond donors (Lipinski definition) is 0. The molecule has 0 aliphatic carbocycles. The van der Waals surface area contributed by atoms with E-state index < -0.39 is 5.97 Å². The molecule has 0 bridgehead atoms. The Morgan fingerprint density at radius 1 is 1.80 bits per heavy atom. The van der Waals surface area contributed by atoms with Crippen LogP contribution in [0.3, 0.4) is 0 Å². The van der Waals surface area contributed by atoms with Gasteiger partial charge in [0.05, 0.1) is 11.6 Å². The van der Waals surface area contributed by atoms with Crippen LogP contribution >= 0.6 is 11.3 Å². The highest BCUT2D eigenvalue weighted by molar-refractivity contribution is 7.14. The molecular weight excluding hydrogens is 214 g/mol. The average molecular weight is 223 g/mol. The molecule has 0 N–H and O–H groups in total. The monoisotopic (exact) mass is 223 g/mol. The fourth-order valence-corrected chi connectivity index (χ4v) is 1.61. The molecular formula is C9H9N3O2S. The molecule has 1 heterocycles. The predicted molar refractivity (Wildman–Crippen MR) is 58.8 cm³/mol. The van der Waals surface area contributed by atoms with Crippen molar-refractivity contribution < 1.29 is 9.53 Å². The summed E-state index contributed by atoms with van der Waals surface area (Å²) in [5.41, 5.74) is 8.99. The van der Waals surface area contributed by atoms with Gasteiger partial charge >= 0.3 is 5.97 Å². The lowest BCUT2D eigenvalue weighted by Crippen LogP contribution is -1.98. The maximum Gasteiger partial charge on any atom is 0.330 e. The highest BCUT2D eigenvalue weighted by atomic mass is 32.1. The van der Waals surface area contributed by atoms with Gasteiger partial charge in [-0.1, -0.05) is 0 Å². The number of thiophene rings is 1. The van der Waals surface area contributed by atoms with Gasteiger partial charge in [0.1, 0.15) is 0 Å². The molecule has 1 aromatic rings. The van der Waals surface area contributed by atoms with Gasteiger partial charge in [-0.25, -0.2) is 4.79 Å². The van der Waals surface area contributed by atoms with E-state index in [4.69, 9.17) is 10.3 Å². The van der Waals surface area contributed by atoms with Gasteiger partial charge in [0.2, 0.25) is 0 Å². The van der Waals surface area contributed by atoms with E-state index in [9.17, 15) is 4.79 Å². The normalized spacial score (nSPS) is 9.93. The predicted octanol–water partition coefficient (Wildman–Crippen LogP) is 3.27. The van der Waals surface area contributed by atoms with E-state index in [-0.39, 0.29) is 0 Å². The number of carbonyl (C=O) groups is 1. The molecule has 0 saturated carbocycles. The summed E-state index contributed by atoms with van der Waals surface area (Å²) in [5.74, 6) is -0.407. The lowest BCUT2D eigenvalue weighted by Gasteiger charge is -1.94. The van der Waals surface area contributed by atoms with Crippen molar-refractivity contribution in [3.8, 4) is 0 Å². The fourth-order valence-electron chi connectivity index (χ4n) is 0.908. The molecule has 0 spiro atoms. The smallest absolute Gasteiger partial charge is 0.330 e. The summed E-state index contributed by atoms with van der Waals surface area (Å²) < 4.78 is 4.71. The quantitative estimate of drug-likeness (QED) is 0.258. The summed E-state index contributed by atoms with van der Waals surface area (Å²) in [6.07, 6.45) is 2.88. The summed E-state index contributed by atoms with van der Waals surface area (Å²) in [4.78, 5) is 13.7. The van der Waals surface area contributed by atoms with E-state index >= 15 is 0 Å². The van der Waals surface area contributed by atoms with E-state index in [1.54, 1.807) is 24.4 Å². The molecule has 0 fully saturated rings. The zero-order valence-electron chi connectivity index (χ0n) is 8.08. The third kappa shape index (κ3) is 3.46. The summed E-state index contributed by atoms with van der Waals surface area (Å²) >= 11 is 1.32. The topological polar surface area (TPSA) is 75.1 Å². The number of rotatable bonds is 4. The van der Waals surface area contributed by atoms with E-state index in [2.05, 4.69) is 10.0 Å². The van der Waals surface area contributed by atoms with Crippen molar-refractivity contribution in [1.29, 1.82) is 0 Å². The highest BCUT2D eigenvalue weighted by Gasteiger charge is 1.99. The molecule has 5 nitrogen and oxygen atoms in total. The Morgan fingerprint density at radius 3 is 3.27 bits per heavy atom. The van der Waals surface area contributed by atoms with E-state index in [1.807, 2.05) is 0 Å². The van der Waals surface area contributed by atoms with Crippen LogP contribution in [0.25, 0.3) is 16.5 Å². The van der Waals surface area contributed by atoms with E-state index in [0.29, 0.717) is 17.2 Å². The van der Waals surface area contributed by atoms with Crippen molar-refractivity contribution in [3.63, 3.8) is 0 Å². The molecule has 0 saturated heterocycles. The van der Waals surface area contributed by atoms with Gasteiger partial charge in [-0.3, -0.25) is 0 Å². The molecule has 0 aliphatic rings. The lowest BCUT2D eigenvalue weighted by molar-refractivity contribution is -0.137. The molecule has 0 atom stereocenters. The maximum atomic E-state index is 11.0. The number of carbonyl (C=O) groups excluding carboxylic acids is 1. The second-order valence-corrected chi connectivity index (χ2v) is 3.35. The molecule has 0 aromatic carbocycles. The average Bonchev–Trinajstić information content (AvgIpc) is 2.64. The number of nitrogens with zero attached hydrogens (tertiary/aromatic N) is 3. The molecule has 78 valence electrons. The Kier molecular flexibility index (Phi) is 4.40. The second-order valence-electron chi connectivity index (χ2n) is 2.46. The largest absolute Gasteiger partial charge is 0.463 e. The Labute approximate surface area is 90.6 Å². The van der Waals surface area contributed by atoms with Crippen molar-refractivity contribution in [1.82, 2.24) is 0 Å². The molecule has 0 amide bonds. The Morgan fingerprint density at radius 2 is 2.60 bits per heavy atom. The number of ether oxygens (including phenoxy) is 1. The maximum absolute atomic E-state index is 11.0. The molecule has 1 aromatic heterocycles. The molecule has 0 aliphatic heterocycles. The van der Waals surface area contributed by atoms with Crippen LogP contribution in [0.4, 0.5) is 5.00 Å². The molecule has 0 unspecified atom stereocenters. The first-order chi connectivity index (χ1) is 7.27. The minimum Gasteiger partial charge on any atom is -0.463 e. The highest BCUT2D eigenvalue weighted by Crippen LogP contribution is 2.27. The first-order valence-electron chi connectivity index (χ1n) is 4.25. The summed E-state index contributed by atoms with van der Waals surface area (Å²) in [6.45, 7) is 2.08. The van der Waals surface area contributed by atoms with E-state index in [0.717, 1.165) is 0 Å². The van der Waals surface area contributed by atoms with Crippen LogP contribution in [0, 0.1) is 0 Å². The van der Waals surface area contributed by atoms with Gasteiger partial charge in [0.15, 0.2) is 0 Å². The zero-order valence-corrected chi connectivity index (χ0v) is 8.90. The molecule has 15 heavy (non-hydrogen) atoms. The minimum absolute atomic E-state index is 0.343. The van der Waals surface area contributed by atoms with Gasteiger partial charge in [-0.05, 0) is 40.7 Å². The van der Waals surface area contributed by atoms with Crippen molar-refractivity contribution >= 4 is 28.4 Å². The third-order valence-electron chi connectivity index (χ3n) is 1.50. The third-order valence-corrected chi connectivity index (χ3v) is 2.31. The molecule has 1 rings (SSSR count). The van der Waals surface area contributed by atoms with Gasteiger partial charge < -0.3 is 4.74 Å². The standard InChI is InChI=1S/C9H9N3O2S/c1-2-14-8(13)4-3-7-5-6-15-9(7)11-12-10/h3-6H,2H2,1H3/b4-3+. The number of azide groups is 1. The Hall–Kier alpha value is -1.78. The van der Waals surface area contributed by atoms with Gasteiger partial charge in [0, 0.05) is 11.0 Å². The van der Waals surface area contributed by atoms with Crippen LogP contribution in [-0.4, -0.2) is 12.6 Å². The first-order valence-corrected chi connectivity index (χ1v) is 5.13.